The van der Waals surface area contributed by atoms with Gasteiger partial charge in [0.1, 0.15) is 0 Å². The van der Waals surface area contributed by atoms with Crippen LogP contribution in [0.4, 0.5) is 0 Å². The molecule has 0 spiro atoms. The predicted octanol–water partition coefficient (Wildman–Crippen LogP) is 3.29. The number of piperidine rings is 1. The summed E-state index contributed by atoms with van der Waals surface area (Å²) in [4.78, 5) is 2.73. The Bertz CT molecular complexity index is 318. The van der Waals surface area contributed by atoms with E-state index in [2.05, 4.69) is 44.8 Å². The van der Waals surface area contributed by atoms with Crippen LogP contribution >= 0.6 is 0 Å². The number of hydrogen-bond donors (Lipinski definition) is 1. The van der Waals surface area contributed by atoms with Crippen LogP contribution in [0.15, 0.2) is 0 Å². The van der Waals surface area contributed by atoms with E-state index in [0.717, 1.165) is 25.7 Å². The Kier molecular flexibility index (Phi) is 5.72. The molecule has 3 atom stereocenters. The molecule has 3 heteroatoms. The normalized spacial score (nSPS) is 35.9. The van der Waals surface area contributed by atoms with Gasteiger partial charge in [-0.3, -0.25) is 4.90 Å². The molecule has 0 aromatic rings. The second-order valence-corrected chi connectivity index (χ2v) is 8.59. The maximum absolute atomic E-state index is 5.89. The summed E-state index contributed by atoms with van der Waals surface area (Å²) in [6.45, 7) is 17.0. The monoisotopic (exact) mass is 296 g/mol. The number of ether oxygens (including phenoxy) is 1. The molecule has 21 heavy (non-hydrogen) atoms. The Morgan fingerprint density at radius 1 is 1.24 bits per heavy atom. The molecule has 0 aliphatic carbocycles. The molecule has 2 saturated heterocycles. The minimum atomic E-state index is 0.186. The van der Waals surface area contributed by atoms with E-state index < -0.39 is 0 Å². The lowest BCUT2D eigenvalue weighted by atomic mass is 9.79. The van der Waals surface area contributed by atoms with Gasteiger partial charge in [0.25, 0.3) is 0 Å². The van der Waals surface area contributed by atoms with Crippen molar-refractivity contribution in [3.8, 4) is 0 Å². The first-order chi connectivity index (χ1) is 9.81. The van der Waals surface area contributed by atoms with Crippen LogP contribution in [-0.2, 0) is 4.74 Å². The van der Waals surface area contributed by atoms with Crippen molar-refractivity contribution in [3.05, 3.63) is 0 Å². The summed E-state index contributed by atoms with van der Waals surface area (Å²) in [7, 11) is 0. The summed E-state index contributed by atoms with van der Waals surface area (Å²) in [5.41, 5.74) is 0.488. The van der Waals surface area contributed by atoms with Crippen LogP contribution in [0, 0.1) is 11.3 Å². The van der Waals surface area contributed by atoms with Gasteiger partial charge < -0.3 is 10.1 Å². The lowest BCUT2D eigenvalue weighted by Crippen LogP contribution is -2.55. The molecule has 124 valence electrons. The van der Waals surface area contributed by atoms with Crippen molar-refractivity contribution in [1.82, 2.24) is 10.2 Å². The zero-order valence-corrected chi connectivity index (χ0v) is 14.9. The third-order valence-electron chi connectivity index (χ3n) is 5.44. The van der Waals surface area contributed by atoms with Crippen LogP contribution in [0.3, 0.4) is 0 Å². The van der Waals surface area contributed by atoms with Gasteiger partial charge >= 0.3 is 0 Å². The van der Waals surface area contributed by atoms with Crippen LogP contribution < -0.4 is 5.32 Å². The molecule has 0 aromatic carbocycles. The Hall–Kier alpha value is -0.120. The molecule has 0 amide bonds. The number of likely N-dealkylation sites (tertiary alicyclic amines) is 1. The van der Waals surface area contributed by atoms with Gasteiger partial charge in [-0.2, -0.15) is 0 Å². The summed E-state index contributed by atoms with van der Waals surface area (Å²) in [5, 5.41) is 3.74. The highest BCUT2D eigenvalue weighted by Gasteiger charge is 2.38. The second kappa shape index (κ2) is 6.97. The Morgan fingerprint density at radius 3 is 2.62 bits per heavy atom. The second-order valence-electron chi connectivity index (χ2n) is 8.59. The van der Waals surface area contributed by atoms with Crippen molar-refractivity contribution in [2.75, 3.05) is 32.8 Å². The number of nitrogens with zero attached hydrogens (tertiary/aromatic N) is 1. The van der Waals surface area contributed by atoms with Crippen LogP contribution in [0.25, 0.3) is 0 Å². The van der Waals surface area contributed by atoms with Gasteiger partial charge in [-0.15, -0.1) is 0 Å². The van der Waals surface area contributed by atoms with E-state index in [1.54, 1.807) is 0 Å². The lowest BCUT2D eigenvalue weighted by Gasteiger charge is -2.46. The van der Waals surface area contributed by atoms with Gasteiger partial charge in [0.05, 0.1) is 6.61 Å². The van der Waals surface area contributed by atoms with Gasteiger partial charge in [-0.25, -0.2) is 0 Å². The molecule has 3 unspecified atom stereocenters. The number of hydrogen-bond acceptors (Lipinski definition) is 3. The molecule has 2 aliphatic heterocycles. The maximum Gasteiger partial charge on any atom is 0.0546 e. The van der Waals surface area contributed by atoms with Crippen molar-refractivity contribution >= 4 is 0 Å². The first kappa shape index (κ1) is 17.2. The maximum atomic E-state index is 5.89. The van der Waals surface area contributed by atoms with Gasteiger partial charge in [0, 0.05) is 36.7 Å². The highest BCUT2D eigenvalue weighted by Crippen LogP contribution is 2.33. The minimum absolute atomic E-state index is 0.186. The fourth-order valence-corrected chi connectivity index (χ4v) is 3.76. The lowest BCUT2D eigenvalue weighted by molar-refractivity contribution is -0.0435. The van der Waals surface area contributed by atoms with Crippen molar-refractivity contribution in [3.63, 3.8) is 0 Å². The average molecular weight is 296 g/mol. The van der Waals surface area contributed by atoms with E-state index in [0.29, 0.717) is 11.5 Å². The van der Waals surface area contributed by atoms with Crippen molar-refractivity contribution < 1.29 is 4.74 Å². The van der Waals surface area contributed by atoms with E-state index in [4.69, 9.17) is 4.74 Å². The molecular weight excluding hydrogens is 260 g/mol. The molecule has 2 aliphatic rings. The highest BCUT2D eigenvalue weighted by atomic mass is 16.5. The average Bonchev–Trinajstić information content (AvgIpc) is 2.42. The first-order valence-electron chi connectivity index (χ1n) is 8.88. The van der Waals surface area contributed by atoms with E-state index in [1.165, 1.54) is 38.8 Å². The van der Waals surface area contributed by atoms with Crippen LogP contribution in [-0.4, -0.2) is 49.3 Å². The van der Waals surface area contributed by atoms with E-state index in [1.807, 2.05) is 0 Å². The summed E-state index contributed by atoms with van der Waals surface area (Å²) in [5.74, 6) is 0.830. The fraction of sp³-hybridized carbons (Fsp3) is 1.00. The van der Waals surface area contributed by atoms with E-state index in [9.17, 15) is 0 Å². The summed E-state index contributed by atoms with van der Waals surface area (Å²) >= 11 is 0. The molecule has 2 heterocycles. The van der Waals surface area contributed by atoms with Gasteiger partial charge in [0.2, 0.25) is 0 Å². The van der Waals surface area contributed by atoms with E-state index in [-0.39, 0.29) is 5.54 Å². The quantitative estimate of drug-likeness (QED) is 0.861. The zero-order valence-electron chi connectivity index (χ0n) is 14.9. The Balaban J connectivity index is 2.01. The molecule has 0 radical (unpaired) electrons. The van der Waals surface area contributed by atoms with Crippen molar-refractivity contribution in [2.45, 2.75) is 71.9 Å². The number of rotatable bonds is 4. The smallest absolute Gasteiger partial charge is 0.0546 e. The molecule has 0 saturated carbocycles. The molecule has 1 N–H and O–H groups in total. The molecule has 0 aromatic heterocycles. The fourth-order valence-electron chi connectivity index (χ4n) is 3.76. The third-order valence-corrected chi connectivity index (χ3v) is 5.44. The SMILES string of the molecule is CC1CCCN(CC2(CNC(C)(C)C)CCCOC2)C1C. The highest BCUT2D eigenvalue weighted by molar-refractivity contribution is 4.92. The molecule has 3 nitrogen and oxygen atoms in total. The van der Waals surface area contributed by atoms with Crippen LogP contribution in [0.2, 0.25) is 0 Å². The van der Waals surface area contributed by atoms with Crippen LogP contribution in [0.1, 0.15) is 60.3 Å². The molecular formula is C18H36N2O. The van der Waals surface area contributed by atoms with Crippen molar-refractivity contribution in [2.24, 2.45) is 11.3 Å². The van der Waals surface area contributed by atoms with Gasteiger partial charge in [-0.1, -0.05) is 6.92 Å². The Labute approximate surface area is 131 Å². The van der Waals surface area contributed by atoms with Gasteiger partial charge in [-0.05, 0) is 65.8 Å². The van der Waals surface area contributed by atoms with Crippen molar-refractivity contribution in [1.29, 1.82) is 0 Å². The standard InChI is InChI=1S/C18H36N2O/c1-15-8-6-10-20(16(15)2)13-18(9-7-11-21-14-18)12-19-17(3,4)5/h15-16,19H,6-14H2,1-5H3. The molecule has 2 rings (SSSR count). The Morgan fingerprint density at radius 2 is 2.00 bits per heavy atom. The zero-order chi connectivity index (χ0) is 15.5. The summed E-state index contributed by atoms with van der Waals surface area (Å²) in [6.07, 6.45) is 5.26. The summed E-state index contributed by atoms with van der Waals surface area (Å²) in [6, 6.07) is 0.715. The topological polar surface area (TPSA) is 24.5 Å². The van der Waals surface area contributed by atoms with Crippen LogP contribution in [0.5, 0.6) is 0 Å². The summed E-state index contributed by atoms with van der Waals surface area (Å²) < 4.78 is 5.89. The molecule has 2 fully saturated rings. The third kappa shape index (κ3) is 4.94. The first-order valence-corrected chi connectivity index (χ1v) is 8.88. The van der Waals surface area contributed by atoms with E-state index >= 15 is 0 Å². The van der Waals surface area contributed by atoms with Gasteiger partial charge in [0.15, 0.2) is 0 Å². The molecule has 0 bridgehead atoms. The number of nitrogens with one attached hydrogen (secondary N) is 1. The largest absolute Gasteiger partial charge is 0.381 e. The minimum Gasteiger partial charge on any atom is -0.381 e. The predicted molar refractivity (Wildman–Crippen MR) is 89.7 cm³/mol.